The van der Waals surface area contributed by atoms with Gasteiger partial charge in [-0.2, -0.15) is 0 Å². The van der Waals surface area contributed by atoms with E-state index < -0.39 is 0 Å². The number of benzene rings is 1. The number of nitrogens with one attached hydrogen (secondary N) is 2. The maximum Gasteiger partial charge on any atom is 0.191 e. The number of nitrogens with zero attached hydrogens (tertiary/aromatic N) is 3. The molecular formula is C19H32ClN5O. The number of anilines is 1. The van der Waals surface area contributed by atoms with Gasteiger partial charge in [-0.3, -0.25) is 9.89 Å². The summed E-state index contributed by atoms with van der Waals surface area (Å²) in [6.07, 6.45) is 1.06. The van der Waals surface area contributed by atoms with Crippen LogP contribution in [0.15, 0.2) is 29.3 Å². The lowest BCUT2D eigenvalue weighted by Crippen LogP contribution is -2.46. The van der Waals surface area contributed by atoms with Crippen molar-refractivity contribution in [3.8, 4) is 0 Å². The minimum absolute atomic E-state index is 0.681. The van der Waals surface area contributed by atoms with Gasteiger partial charge in [-0.1, -0.05) is 23.7 Å². The highest BCUT2D eigenvalue weighted by Gasteiger charge is 2.18. The van der Waals surface area contributed by atoms with Crippen LogP contribution in [0.4, 0.5) is 5.69 Å². The smallest absolute Gasteiger partial charge is 0.191 e. The molecule has 2 N–H and O–H groups in total. The predicted molar refractivity (Wildman–Crippen MR) is 111 cm³/mol. The van der Waals surface area contributed by atoms with Gasteiger partial charge in [0.2, 0.25) is 0 Å². The SMILES string of the molecule is CCNC(=NCCCN1CCN(c2ccccc2Cl)CC1)NCCOC. The number of piperazine rings is 1. The molecule has 1 aromatic carbocycles. The van der Waals surface area contributed by atoms with Gasteiger partial charge in [0.05, 0.1) is 17.3 Å². The Kier molecular flexibility index (Phi) is 9.60. The Morgan fingerprint density at radius 1 is 1.19 bits per heavy atom. The first-order chi connectivity index (χ1) is 12.7. The second-order valence-electron chi connectivity index (χ2n) is 6.31. The molecule has 0 aromatic heterocycles. The second kappa shape index (κ2) is 12.0. The summed E-state index contributed by atoms with van der Waals surface area (Å²) in [5, 5.41) is 7.37. The van der Waals surface area contributed by atoms with Gasteiger partial charge in [0.25, 0.3) is 0 Å². The first kappa shape index (κ1) is 20.8. The average molecular weight is 382 g/mol. The molecule has 1 aromatic rings. The summed E-state index contributed by atoms with van der Waals surface area (Å²) in [6, 6.07) is 8.10. The lowest BCUT2D eigenvalue weighted by atomic mass is 10.2. The normalized spacial score (nSPS) is 16.0. The van der Waals surface area contributed by atoms with Crippen LogP contribution in [-0.2, 0) is 4.74 Å². The molecule has 146 valence electrons. The minimum atomic E-state index is 0.681. The molecule has 1 heterocycles. The van der Waals surface area contributed by atoms with Gasteiger partial charge in [0.1, 0.15) is 0 Å². The Bertz CT molecular complexity index is 546. The quantitative estimate of drug-likeness (QED) is 0.389. The van der Waals surface area contributed by atoms with Crippen molar-refractivity contribution in [2.45, 2.75) is 13.3 Å². The highest BCUT2D eigenvalue weighted by atomic mass is 35.5. The van der Waals surface area contributed by atoms with Crippen LogP contribution in [0.2, 0.25) is 5.02 Å². The zero-order valence-corrected chi connectivity index (χ0v) is 16.8. The summed E-state index contributed by atoms with van der Waals surface area (Å²) in [4.78, 5) is 9.51. The largest absolute Gasteiger partial charge is 0.383 e. The number of guanidine groups is 1. The van der Waals surface area contributed by atoms with Gasteiger partial charge >= 0.3 is 0 Å². The third-order valence-corrected chi connectivity index (χ3v) is 4.73. The number of hydrogen-bond donors (Lipinski definition) is 2. The van der Waals surface area contributed by atoms with E-state index in [0.29, 0.717) is 6.61 Å². The molecule has 0 saturated carbocycles. The topological polar surface area (TPSA) is 52.1 Å². The Labute approximate surface area is 162 Å². The predicted octanol–water partition coefficient (Wildman–Crippen LogP) is 2.05. The van der Waals surface area contributed by atoms with Crippen LogP contribution in [0.25, 0.3) is 0 Å². The fraction of sp³-hybridized carbons (Fsp3) is 0.632. The molecule has 26 heavy (non-hydrogen) atoms. The van der Waals surface area contributed by atoms with E-state index in [1.807, 2.05) is 18.2 Å². The van der Waals surface area contributed by atoms with Gasteiger partial charge in [-0.05, 0) is 25.5 Å². The van der Waals surface area contributed by atoms with Crippen LogP contribution in [0.3, 0.4) is 0 Å². The number of methoxy groups -OCH3 is 1. The summed E-state index contributed by atoms with van der Waals surface area (Å²) in [7, 11) is 1.71. The summed E-state index contributed by atoms with van der Waals surface area (Å²) < 4.78 is 5.06. The maximum atomic E-state index is 6.31. The van der Waals surface area contributed by atoms with Gasteiger partial charge in [0.15, 0.2) is 5.96 Å². The molecule has 1 fully saturated rings. The standard InChI is InChI=1S/C19H32ClN5O/c1-3-21-19(23-10-16-26-2)22-9-6-11-24-12-14-25(15-13-24)18-8-5-4-7-17(18)20/h4-5,7-8H,3,6,9-16H2,1-2H3,(H2,21,22,23). The summed E-state index contributed by atoms with van der Waals surface area (Å²) in [5.74, 6) is 0.869. The van der Waals surface area contributed by atoms with Crippen molar-refractivity contribution in [3.05, 3.63) is 29.3 Å². The molecule has 2 rings (SSSR count). The van der Waals surface area contributed by atoms with Crippen LogP contribution in [0, 0.1) is 0 Å². The number of aliphatic imine (C=N–C) groups is 1. The van der Waals surface area contributed by atoms with E-state index >= 15 is 0 Å². The Morgan fingerprint density at radius 3 is 2.65 bits per heavy atom. The van der Waals surface area contributed by atoms with Gasteiger partial charge in [-0.25, -0.2) is 0 Å². The molecule has 0 bridgehead atoms. The Balaban J connectivity index is 1.67. The van der Waals surface area contributed by atoms with E-state index in [9.17, 15) is 0 Å². The third-order valence-electron chi connectivity index (χ3n) is 4.41. The van der Waals surface area contributed by atoms with E-state index in [1.54, 1.807) is 7.11 Å². The van der Waals surface area contributed by atoms with Crippen molar-refractivity contribution in [1.82, 2.24) is 15.5 Å². The maximum absolute atomic E-state index is 6.31. The van der Waals surface area contributed by atoms with Gasteiger partial charge < -0.3 is 20.3 Å². The van der Waals surface area contributed by atoms with E-state index in [1.165, 1.54) is 0 Å². The second-order valence-corrected chi connectivity index (χ2v) is 6.72. The summed E-state index contributed by atoms with van der Waals surface area (Å²) in [6.45, 7) is 10.5. The highest BCUT2D eigenvalue weighted by molar-refractivity contribution is 6.33. The zero-order chi connectivity index (χ0) is 18.6. The molecule has 0 radical (unpaired) electrons. The van der Waals surface area contributed by atoms with Crippen molar-refractivity contribution in [1.29, 1.82) is 0 Å². The lowest BCUT2D eigenvalue weighted by Gasteiger charge is -2.36. The lowest BCUT2D eigenvalue weighted by molar-refractivity contribution is 0.203. The first-order valence-corrected chi connectivity index (χ1v) is 9.85. The first-order valence-electron chi connectivity index (χ1n) is 9.47. The zero-order valence-electron chi connectivity index (χ0n) is 16.0. The summed E-state index contributed by atoms with van der Waals surface area (Å²) >= 11 is 6.31. The molecule has 7 heteroatoms. The van der Waals surface area contributed by atoms with Crippen molar-refractivity contribution < 1.29 is 4.74 Å². The molecule has 6 nitrogen and oxygen atoms in total. The average Bonchev–Trinajstić information content (AvgIpc) is 2.66. The van der Waals surface area contributed by atoms with E-state index in [2.05, 4.69) is 38.4 Å². The molecule has 0 amide bonds. The van der Waals surface area contributed by atoms with Crippen molar-refractivity contribution in [2.75, 3.05) is 71.0 Å². The van der Waals surface area contributed by atoms with Crippen LogP contribution in [0.5, 0.6) is 0 Å². The number of hydrogen-bond acceptors (Lipinski definition) is 4. The highest BCUT2D eigenvalue weighted by Crippen LogP contribution is 2.25. The van der Waals surface area contributed by atoms with Crippen molar-refractivity contribution in [3.63, 3.8) is 0 Å². The third kappa shape index (κ3) is 7.02. The number of para-hydroxylation sites is 1. The van der Waals surface area contributed by atoms with Crippen LogP contribution in [0.1, 0.15) is 13.3 Å². The van der Waals surface area contributed by atoms with E-state index in [-0.39, 0.29) is 0 Å². The molecular weight excluding hydrogens is 350 g/mol. The molecule has 0 spiro atoms. The Morgan fingerprint density at radius 2 is 1.96 bits per heavy atom. The van der Waals surface area contributed by atoms with Crippen LogP contribution < -0.4 is 15.5 Å². The minimum Gasteiger partial charge on any atom is -0.383 e. The van der Waals surface area contributed by atoms with Crippen molar-refractivity contribution >= 4 is 23.2 Å². The number of rotatable bonds is 9. The molecule has 0 aliphatic carbocycles. The fourth-order valence-electron chi connectivity index (χ4n) is 3.02. The number of ether oxygens (including phenoxy) is 1. The molecule has 0 unspecified atom stereocenters. The fourth-order valence-corrected chi connectivity index (χ4v) is 3.27. The Hall–Kier alpha value is -1.50. The van der Waals surface area contributed by atoms with E-state index in [4.69, 9.17) is 16.3 Å². The monoisotopic (exact) mass is 381 g/mol. The number of halogens is 1. The summed E-state index contributed by atoms with van der Waals surface area (Å²) in [5.41, 5.74) is 1.15. The van der Waals surface area contributed by atoms with Crippen LogP contribution in [-0.4, -0.2) is 76.9 Å². The van der Waals surface area contributed by atoms with Crippen molar-refractivity contribution in [2.24, 2.45) is 4.99 Å². The molecule has 0 atom stereocenters. The van der Waals surface area contributed by atoms with Gasteiger partial charge in [-0.15, -0.1) is 0 Å². The molecule has 1 saturated heterocycles. The molecule has 1 aliphatic rings. The van der Waals surface area contributed by atoms with E-state index in [0.717, 1.165) is 75.4 Å². The van der Waals surface area contributed by atoms with Crippen LogP contribution >= 0.6 is 11.6 Å². The van der Waals surface area contributed by atoms with Gasteiger partial charge in [0, 0.05) is 59.5 Å². The molecule has 1 aliphatic heterocycles.